The highest BCUT2D eigenvalue weighted by atomic mass is 16.3. The van der Waals surface area contributed by atoms with Gasteiger partial charge in [-0.05, 0) is 42.2 Å². The molecule has 168 valence electrons. The van der Waals surface area contributed by atoms with E-state index < -0.39 is 0 Å². The molecule has 1 fully saturated rings. The van der Waals surface area contributed by atoms with Gasteiger partial charge in [0.2, 0.25) is 5.95 Å². The van der Waals surface area contributed by atoms with Crippen LogP contribution in [0.15, 0.2) is 55.2 Å². The number of aromatic nitrogens is 4. The van der Waals surface area contributed by atoms with Crippen LogP contribution in [0.1, 0.15) is 28.8 Å². The van der Waals surface area contributed by atoms with Crippen LogP contribution < -0.4 is 11.1 Å². The molecule has 3 aromatic heterocycles. The fraction of sp³-hybridized carbons (Fsp3) is 0.250. The maximum absolute atomic E-state index is 12.9. The first-order chi connectivity index (χ1) is 16.0. The van der Waals surface area contributed by atoms with Gasteiger partial charge >= 0.3 is 0 Å². The maximum atomic E-state index is 12.9. The molecule has 0 radical (unpaired) electrons. The number of nitrogens with two attached hydrogens (primary N) is 1. The lowest BCUT2D eigenvalue weighted by atomic mass is 10.0. The second kappa shape index (κ2) is 8.97. The third kappa shape index (κ3) is 4.69. The van der Waals surface area contributed by atoms with Gasteiger partial charge in [0, 0.05) is 54.7 Å². The summed E-state index contributed by atoms with van der Waals surface area (Å²) in [4.78, 5) is 30.6. The summed E-state index contributed by atoms with van der Waals surface area (Å²) in [7, 11) is 0. The van der Waals surface area contributed by atoms with Gasteiger partial charge < -0.3 is 21.1 Å². The minimum absolute atomic E-state index is 0.151. The number of carbonyl (C=O) groups is 1. The van der Waals surface area contributed by atoms with Crippen molar-refractivity contribution in [3.8, 4) is 11.1 Å². The molecule has 0 spiro atoms. The number of pyridine rings is 1. The van der Waals surface area contributed by atoms with Crippen LogP contribution in [-0.2, 0) is 6.54 Å². The zero-order valence-electron chi connectivity index (χ0n) is 18.0. The number of hydrogen-bond acceptors (Lipinski definition) is 7. The topological polar surface area (TPSA) is 133 Å². The van der Waals surface area contributed by atoms with Gasteiger partial charge in [-0.2, -0.15) is 0 Å². The Labute approximate surface area is 190 Å². The van der Waals surface area contributed by atoms with Crippen molar-refractivity contribution in [2.24, 2.45) is 0 Å². The smallest absolute Gasteiger partial charge is 0.257 e. The SMILES string of the molecule is Nc1ncc(NC(=O)c2c[nH]c3ccc(-c4cncc(CN5CCC(O)CC5)c4)cc23)cn1. The number of likely N-dealkylation sites (tertiary alicyclic amines) is 1. The molecule has 0 aliphatic carbocycles. The largest absolute Gasteiger partial charge is 0.393 e. The summed E-state index contributed by atoms with van der Waals surface area (Å²) in [6.45, 7) is 2.58. The molecule has 0 unspecified atom stereocenters. The number of piperidine rings is 1. The Bertz CT molecular complexity index is 1280. The summed E-state index contributed by atoms with van der Waals surface area (Å²) < 4.78 is 0. The molecule has 0 atom stereocenters. The minimum Gasteiger partial charge on any atom is -0.393 e. The van der Waals surface area contributed by atoms with E-state index in [2.05, 4.69) is 36.2 Å². The third-order valence-corrected chi connectivity index (χ3v) is 5.95. The van der Waals surface area contributed by atoms with Crippen molar-refractivity contribution in [2.75, 3.05) is 24.1 Å². The van der Waals surface area contributed by atoms with Crippen LogP contribution in [0.25, 0.3) is 22.0 Å². The number of aliphatic hydroxyl groups is 1. The Hall–Kier alpha value is -3.82. The van der Waals surface area contributed by atoms with Crippen LogP contribution in [0.2, 0.25) is 0 Å². The first-order valence-electron chi connectivity index (χ1n) is 10.9. The standard InChI is InChI=1S/C24H25N7O2/c25-24-28-11-18(12-29-24)30-23(33)21-13-27-22-2-1-16(8-20(21)22)17-7-15(9-26-10-17)14-31-5-3-19(32)4-6-31/h1-2,7-13,19,27,32H,3-6,14H2,(H,30,33)(H2,25,28,29). The quantitative estimate of drug-likeness (QED) is 0.373. The van der Waals surface area contributed by atoms with Crippen molar-refractivity contribution in [3.05, 3.63) is 66.4 Å². The van der Waals surface area contributed by atoms with Crippen LogP contribution in [0.4, 0.5) is 11.6 Å². The summed E-state index contributed by atoms with van der Waals surface area (Å²) in [5, 5.41) is 13.4. The van der Waals surface area contributed by atoms with Gasteiger partial charge in [0.15, 0.2) is 0 Å². The number of nitrogens with one attached hydrogen (secondary N) is 2. The van der Waals surface area contributed by atoms with E-state index in [-0.39, 0.29) is 18.0 Å². The van der Waals surface area contributed by atoms with Crippen LogP contribution in [-0.4, -0.2) is 55.0 Å². The molecule has 1 amide bonds. The summed E-state index contributed by atoms with van der Waals surface area (Å²) in [5.41, 5.74) is 10.5. The highest BCUT2D eigenvalue weighted by Gasteiger charge is 2.18. The summed E-state index contributed by atoms with van der Waals surface area (Å²) in [5.74, 6) is -0.107. The lowest BCUT2D eigenvalue weighted by Crippen LogP contribution is -2.35. The predicted octanol–water partition coefficient (Wildman–Crippen LogP) is 2.81. The number of benzene rings is 1. The molecule has 1 aromatic carbocycles. The van der Waals surface area contributed by atoms with E-state index in [4.69, 9.17) is 5.73 Å². The van der Waals surface area contributed by atoms with Crippen molar-refractivity contribution in [1.29, 1.82) is 0 Å². The summed E-state index contributed by atoms with van der Waals surface area (Å²) >= 11 is 0. The molecule has 4 aromatic rings. The number of carbonyl (C=O) groups excluding carboxylic acids is 1. The second-order valence-corrected chi connectivity index (χ2v) is 8.34. The maximum Gasteiger partial charge on any atom is 0.257 e. The highest BCUT2D eigenvalue weighted by Crippen LogP contribution is 2.27. The van der Waals surface area contributed by atoms with Gasteiger partial charge in [-0.15, -0.1) is 0 Å². The van der Waals surface area contributed by atoms with Crippen molar-refractivity contribution < 1.29 is 9.90 Å². The Kier molecular flexibility index (Phi) is 5.72. The Morgan fingerprint density at radius 2 is 1.91 bits per heavy atom. The Balaban J connectivity index is 1.38. The van der Waals surface area contributed by atoms with Gasteiger partial charge in [-0.25, -0.2) is 9.97 Å². The number of aliphatic hydroxyl groups excluding tert-OH is 1. The van der Waals surface area contributed by atoms with Gasteiger partial charge in [-0.3, -0.25) is 14.7 Å². The fourth-order valence-electron chi connectivity index (χ4n) is 4.16. The molecular formula is C24H25N7O2. The van der Waals surface area contributed by atoms with Crippen molar-refractivity contribution >= 4 is 28.4 Å². The molecule has 33 heavy (non-hydrogen) atoms. The molecule has 1 aliphatic heterocycles. The van der Waals surface area contributed by atoms with Crippen molar-refractivity contribution in [3.63, 3.8) is 0 Å². The van der Waals surface area contributed by atoms with E-state index in [1.165, 1.54) is 12.4 Å². The second-order valence-electron chi connectivity index (χ2n) is 8.34. The van der Waals surface area contributed by atoms with Crippen LogP contribution >= 0.6 is 0 Å². The normalized spacial score (nSPS) is 15.1. The Morgan fingerprint density at radius 1 is 1.12 bits per heavy atom. The van der Waals surface area contributed by atoms with Crippen LogP contribution in [0, 0.1) is 0 Å². The number of anilines is 2. The van der Waals surface area contributed by atoms with Crippen LogP contribution in [0.5, 0.6) is 0 Å². The number of aromatic amines is 1. The fourth-order valence-corrected chi connectivity index (χ4v) is 4.16. The van der Waals surface area contributed by atoms with Gasteiger partial charge in [0.25, 0.3) is 5.91 Å². The minimum atomic E-state index is -0.258. The molecule has 5 N–H and O–H groups in total. The first-order valence-corrected chi connectivity index (χ1v) is 10.9. The number of nitrogens with zero attached hydrogens (tertiary/aromatic N) is 4. The third-order valence-electron chi connectivity index (χ3n) is 5.95. The van der Waals surface area contributed by atoms with Crippen LogP contribution in [0.3, 0.4) is 0 Å². The zero-order valence-corrected chi connectivity index (χ0v) is 18.0. The Morgan fingerprint density at radius 3 is 2.70 bits per heavy atom. The molecule has 1 aliphatic rings. The van der Waals surface area contributed by atoms with E-state index in [1.54, 1.807) is 6.20 Å². The number of hydrogen-bond donors (Lipinski definition) is 4. The zero-order chi connectivity index (χ0) is 22.8. The molecular weight excluding hydrogens is 418 g/mol. The van der Waals surface area contributed by atoms with Gasteiger partial charge in [0.1, 0.15) is 0 Å². The summed E-state index contributed by atoms with van der Waals surface area (Å²) in [6, 6.07) is 8.12. The monoisotopic (exact) mass is 443 g/mol. The van der Waals surface area contributed by atoms with E-state index in [9.17, 15) is 9.90 Å². The lowest BCUT2D eigenvalue weighted by molar-refractivity contribution is 0.0792. The van der Waals surface area contributed by atoms with E-state index in [0.29, 0.717) is 11.3 Å². The average molecular weight is 444 g/mol. The number of fused-ring (bicyclic) bond motifs is 1. The van der Waals surface area contributed by atoms with E-state index >= 15 is 0 Å². The van der Waals surface area contributed by atoms with Crippen molar-refractivity contribution in [1.82, 2.24) is 24.8 Å². The van der Waals surface area contributed by atoms with Gasteiger partial charge in [0.05, 0.1) is 29.7 Å². The molecule has 1 saturated heterocycles. The first kappa shape index (κ1) is 21.0. The molecule has 0 saturated carbocycles. The molecule has 9 heteroatoms. The highest BCUT2D eigenvalue weighted by molar-refractivity contribution is 6.13. The average Bonchev–Trinajstić information content (AvgIpc) is 3.26. The molecule has 4 heterocycles. The predicted molar refractivity (Wildman–Crippen MR) is 126 cm³/mol. The number of nitrogen functional groups attached to an aromatic ring is 1. The van der Waals surface area contributed by atoms with Crippen molar-refractivity contribution in [2.45, 2.75) is 25.5 Å². The van der Waals surface area contributed by atoms with E-state index in [0.717, 1.165) is 60.1 Å². The lowest BCUT2D eigenvalue weighted by Gasteiger charge is -2.29. The number of amides is 1. The molecule has 9 nitrogen and oxygen atoms in total. The number of rotatable bonds is 5. The molecule has 5 rings (SSSR count). The molecule has 0 bridgehead atoms. The van der Waals surface area contributed by atoms with Gasteiger partial charge in [-0.1, -0.05) is 6.07 Å². The number of H-pyrrole nitrogens is 1. The van der Waals surface area contributed by atoms with E-state index in [1.807, 2.05) is 30.6 Å². The summed E-state index contributed by atoms with van der Waals surface area (Å²) in [6.07, 6.45) is 9.80.